The molecule has 1 atom stereocenters. The smallest absolute Gasteiger partial charge is 0.369 e. The first-order chi connectivity index (χ1) is 14.2. The number of para-hydroxylation sites is 1. The van der Waals surface area contributed by atoms with Crippen LogP contribution in [0.25, 0.3) is 0 Å². The van der Waals surface area contributed by atoms with Crippen LogP contribution in [-0.2, 0) is 28.7 Å². The largest absolute Gasteiger partial charge is 0.416 e. The fraction of sp³-hybridized carbons (Fsp3) is 0.364. The predicted molar refractivity (Wildman–Crippen MR) is 107 cm³/mol. The van der Waals surface area contributed by atoms with Crippen molar-refractivity contribution in [2.45, 2.75) is 32.0 Å². The number of carbonyl (C=O) groups excluding carboxylic acids is 2. The molecule has 1 unspecified atom stereocenters. The molecule has 3 rings (SSSR count). The predicted octanol–water partition coefficient (Wildman–Crippen LogP) is 3.58. The van der Waals surface area contributed by atoms with Crippen molar-refractivity contribution in [1.82, 2.24) is 4.90 Å². The molecule has 30 heavy (non-hydrogen) atoms. The zero-order valence-corrected chi connectivity index (χ0v) is 16.4. The number of nitrogens with two attached hydrogens (primary N) is 1. The molecule has 1 fully saturated rings. The molecular weight excluding hydrogens is 395 g/mol. The van der Waals surface area contributed by atoms with Crippen LogP contribution in [0.1, 0.15) is 29.5 Å². The number of amides is 2. The first-order valence-electron chi connectivity index (χ1n) is 9.78. The Morgan fingerprint density at radius 3 is 2.47 bits per heavy atom. The summed E-state index contributed by atoms with van der Waals surface area (Å²) in [6, 6.07) is 11.9. The van der Waals surface area contributed by atoms with Crippen LogP contribution in [0.3, 0.4) is 0 Å². The molecule has 8 heteroatoms. The van der Waals surface area contributed by atoms with E-state index in [-0.39, 0.29) is 24.2 Å². The molecule has 1 aliphatic rings. The highest BCUT2D eigenvalue weighted by molar-refractivity contribution is 5.93. The van der Waals surface area contributed by atoms with Crippen molar-refractivity contribution >= 4 is 17.5 Å². The minimum Gasteiger partial charge on any atom is -0.369 e. The fourth-order valence-electron chi connectivity index (χ4n) is 3.64. The second kappa shape index (κ2) is 9.30. The van der Waals surface area contributed by atoms with Crippen LogP contribution in [0.15, 0.2) is 48.5 Å². The molecular formula is C22H24F3N3O2. The lowest BCUT2D eigenvalue weighted by molar-refractivity contribution is -0.137. The number of hydrogen-bond donors (Lipinski definition) is 2. The maximum atomic E-state index is 12.7. The standard InChI is InChI=1S/C22H24F3N3O2/c23-22(24,25)18-9-7-15(8-10-18)12-20(29)27-19-6-2-1-4-16(19)13-28-11-3-5-17(14-28)21(26)30/h1-2,4,6-10,17H,3,5,11-14H2,(H2,26,30)(H,27,29). The lowest BCUT2D eigenvalue weighted by Gasteiger charge is -2.31. The minimum atomic E-state index is -4.40. The van der Waals surface area contributed by atoms with Crippen molar-refractivity contribution in [3.8, 4) is 0 Å². The molecule has 1 saturated heterocycles. The number of nitrogens with zero attached hydrogens (tertiary/aromatic N) is 1. The van der Waals surface area contributed by atoms with Gasteiger partial charge in [0, 0.05) is 18.8 Å². The summed E-state index contributed by atoms with van der Waals surface area (Å²) in [6.45, 7) is 2.00. The topological polar surface area (TPSA) is 75.4 Å². The lowest BCUT2D eigenvalue weighted by Crippen LogP contribution is -2.40. The molecule has 160 valence electrons. The summed E-state index contributed by atoms with van der Waals surface area (Å²) in [5.74, 6) is -0.770. The van der Waals surface area contributed by atoms with E-state index in [1.807, 2.05) is 12.1 Å². The zero-order valence-electron chi connectivity index (χ0n) is 16.4. The molecule has 2 amide bonds. The number of primary amides is 1. The fourth-order valence-corrected chi connectivity index (χ4v) is 3.64. The first-order valence-corrected chi connectivity index (χ1v) is 9.78. The maximum Gasteiger partial charge on any atom is 0.416 e. The molecule has 0 bridgehead atoms. The number of carbonyl (C=O) groups is 2. The van der Waals surface area contributed by atoms with E-state index in [1.54, 1.807) is 12.1 Å². The quantitative estimate of drug-likeness (QED) is 0.752. The molecule has 3 N–H and O–H groups in total. The minimum absolute atomic E-state index is 0.0278. The molecule has 0 aliphatic carbocycles. The summed E-state index contributed by atoms with van der Waals surface area (Å²) in [5, 5.41) is 2.85. The van der Waals surface area contributed by atoms with E-state index in [0.717, 1.165) is 37.1 Å². The molecule has 0 radical (unpaired) electrons. The van der Waals surface area contributed by atoms with Crippen LogP contribution in [0.4, 0.5) is 18.9 Å². The van der Waals surface area contributed by atoms with Gasteiger partial charge in [0.25, 0.3) is 0 Å². The molecule has 1 heterocycles. The zero-order chi connectivity index (χ0) is 21.7. The number of rotatable bonds is 6. The lowest BCUT2D eigenvalue weighted by atomic mass is 9.97. The van der Waals surface area contributed by atoms with Crippen LogP contribution in [0, 0.1) is 5.92 Å². The summed E-state index contributed by atoms with van der Waals surface area (Å²) in [5.41, 5.74) is 6.75. The SMILES string of the molecule is NC(=O)C1CCCN(Cc2ccccc2NC(=O)Cc2ccc(C(F)(F)F)cc2)C1. The van der Waals surface area contributed by atoms with E-state index in [2.05, 4.69) is 10.2 Å². The van der Waals surface area contributed by atoms with Gasteiger partial charge < -0.3 is 11.1 Å². The molecule has 5 nitrogen and oxygen atoms in total. The Hall–Kier alpha value is -2.87. The van der Waals surface area contributed by atoms with Crippen molar-refractivity contribution in [3.63, 3.8) is 0 Å². The second-order valence-corrected chi connectivity index (χ2v) is 7.55. The van der Waals surface area contributed by atoms with Crippen LogP contribution in [-0.4, -0.2) is 29.8 Å². The molecule has 0 aromatic heterocycles. The molecule has 0 spiro atoms. The average Bonchev–Trinajstić information content (AvgIpc) is 2.69. The summed E-state index contributed by atoms with van der Waals surface area (Å²) < 4.78 is 38.0. The Morgan fingerprint density at radius 2 is 1.80 bits per heavy atom. The van der Waals surface area contributed by atoms with Crippen LogP contribution < -0.4 is 11.1 Å². The number of hydrogen-bond acceptors (Lipinski definition) is 3. The van der Waals surface area contributed by atoms with E-state index in [1.165, 1.54) is 12.1 Å². The number of halogens is 3. The second-order valence-electron chi connectivity index (χ2n) is 7.55. The van der Waals surface area contributed by atoms with Crippen molar-refractivity contribution in [2.24, 2.45) is 11.7 Å². The van der Waals surface area contributed by atoms with Crippen molar-refractivity contribution < 1.29 is 22.8 Å². The normalized spacial score (nSPS) is 17.5. The van der Waals surface area contributed by atoms with Gasteiger partial charge in [0.05, 0.1) is 17.9 Å². The highest BCUT2D eigenvalue weighted by atomic mass is 19.4. The van der Waals surface area contributed by atoms with E-state index in [0.29, 0.717) is 24.3 Å². The Balaban J connectivity index is 1.63. The van der Waals surface area contributed by atoms with Gasteiger partial charge in [-0.3, -0.25) is 14.5 Å². The number of nitrogens with one attached hydrogen (secondary N) is 1. The Kier molecular flexibility index (Phi) is 6.77. The van der Waals surface area contributed by atoms with Gasteiger partial charge >= 0.3 is 6.18 Å². The highest BCUT2D eigenvalue weighted by Gasteiger charge is 2.30. The van der Waals surface area contributed by atoms with E-state index < -0.39 is 11.7 Å². The van der Waals surface area contributed by atoms with Crippen LogP contribution in [0.5, 0.6) is 0 Å². The Labute approximate surface area is 173 Å². The maximum absolute atomic E-state index is 12.7. The van der Waals surface area contributed by atoms with Gasteiger partial charge in [-0.05, 0) is 48.7 Å². The Bertz CT molecular complexity index is 897. The average molecular weight is 419 g/mol. The first kappa shape index (κ1) is 21.8. The molecule has 2 aromatic carbocycles. The summed E-state index contributed by atoms with van der Waals surface area (Å²) in [4.78, 5) is 26.1. The van der Waals surface area contributed by atoms with E-state index in [9.17, 15) is 22.8 Å². The summed E-state index contributed by atoms with van der Waals surface area (Å²) in [6.07, 6.45) is -2.75. The van der Waals surface area contributed by atoms with Crippen LogP contribution >= 0.6 is 0 Å². The molecule has 2 aromatic rings. The highest BCUT2D eigenvalue weighted by Crippen LogP contribution is 2.29. The third kappa shape index (κ3) is 5.82. The van der Waals surface area contributed by atoms with Gasteiger partial charge in [-0.15, -0.1) is 0 Å². The monoisotopic (exact) mass is 419 g/mol. The van der Waals surface area contributed by atoms with Crippen molar-refractivity contribution in [3.05, 3.63) is 65.2 Å². The third-order valence-corrected chi connectivity index (χ3v) is 5.24. The van der Waals surface area contributed by atoms with Crippen molar-refractivity contribution in [2.75, 3.05) is 18.4 Å². The summed E-state index contributed by atoms with van der Waals surface area (Å²) in [7, 11) is 0. The van der Waals surface area contributed by atoms with Gasteiger partial charge in [0.15, 0.2) is 0 Å². The number of likely N-dealkylation sites (tertiary alicyclic amines) is 1. The van der Waals surface area contributed by atoms with E-state index >= 15 is 0 Å². The van der Waals surface area contributed by atoms with Gasteiger partial charge in [-0.25, -0.2) is 0 Å². The third-order valence-electron chi connectivity index (χ3n) is 5.24. The number of anilines is 1. The number of benzene rings is 2. The van der Waals surface area contributed by atoms with E-state index in [4.69, 9.17) is 5.73 Å². The summed E-state index contributed by atoms with van der Waals surface area (Å²) >= 11 is 0. The Morgan fingerprint density at radius 1 is 1.10 bits per heavy atom. The number of alkyl halides is 3. The van der Waals surface area contributed by atoms with Gasteiger partial charge in [0.2, 0.25) is 11.8 Å². The van der Waals surface area contributed by atoms with Gasteiger partial charge in [-0.2, -0.15) is 13.2 Å². The van der Waals surface area contributed by atoms with Crippen molar-refractivity contribution in [1.29, 1.82) is 0 Å². The van der Waals surface area contributed by atoms with Gasteiger partial charge in [-0.1, -0.05) is 30.3 Å². The van der Waals surface area contributed by atoms with Gasteiger partial charge in [0.1, 0.15) is 0 Å². The molecule has 1 aliphatic heterocycles. The molecule has 0 saturated carbocycles. The number of piperidine rings is 1. The van der Waals surface area contributed by atoms with Crippen LogP contribution in [0.2, 0.25) is 0 Å².